The van der Waals surface area contributed by atoms with Crippen molar-refractivity contribution in [3.05, 3.63) is 121 Å². The van der Waals surface area contributed by atoms with E-state index < -0.39 is 0 Å². The molecule has 0 saturated heterocycles. The largest absolute Gasteiger partial charge is 0.345 e. The van der Waals surface area contributed by atoms with Crippen molar-refractivity contribution in [3.63, 3.8) is 0 Å². The molecule has 0 aromatic heterocycles. The third-order valence-corrected chi connectivity index (χ3v) is 5.68. The van der Waals surface area contributed by atoms with Crippen molar-refractivity contribution in [3.8, 4) is 0 Å². The molecule has 6 aromatic rings. The Hall–Kier alpha value is -3.84. The summed E-state index contributed by atoms with van der Waals surface area (Å²) in [6.07, 6.45) is 0. The smallest absolute Gasteiger partial charge is 0.0408 e. The fourth-order valence-corrected chi connectivity index (χ4v) is 4.12. The average Bonchev–Trinajstić information content (AvgIpc) is 3.00. The van der Waals surface area contributed by atoms with Crippen LogP contribution in [0.4, 0.5) is 11.4 Å². The third-order valence-electron chi connectivity index (χ3n) is 5.68. The van der Waals surface area contributed by atoms with Crippen LogP contribution in [0.2, 0.25) is 0 Å². The molecule has 0 heterocycles. The molecule has 210 valence electrons. The molecule has 0 saturated carbocycles. The van der Waals surface area contributed by atoms with E-state index in [2.05, 4.69) is 121 Å². The van der Waals surface area contributed by atoms with Crippen molar-refractivity contribution >= 4 is 43.7 Å². The van der Waals surface area contributed by atoms with Crippen molar-refractivity contribution in [1.29, 1.82) is 0 Å². The zero-order chi connectivity index (χ0) is 26.3. The van der Waals surface area contributed by atoms with Gasteiger partial charge in [0, 0.05) is 18.4 Å². The van der Waals surface area contributed by atoms with E-state index in [1.807, 2.05) is 53.7 Å². The van der Waals surface area contributed by atoms with Gasteiger partial charge < -0.3 is 4.90 Å². The number of hydrogen-bond acceptors (Lipinski definition) is 1. The van der Waals surface area contributed by atoms with E-state index in [1.165, 1.54) is 43.7 Å². The van der Waals surface area contributed by atoms with Crippen LogP contribution in [0.15, 0.2) is 121 Å². The lowest BCUT2D eigenvalue weighted by Gasteiger charge is -2.18. The Bertz CT molecular complexity index is 1220. The zero-order valence-electron chi connectivity index (χ0n) is 23.0. The second-order valence-corrected chi connectivity index (χ2v) is 7.52. The van der Waals surface area contributed by atoms with Gasteiger partial charge in [0.2, 0.25) is 0 Å². The molecular formula is C38H53N. The van der Waals surface area contributed by atoms with Crippen LogP contribution in [-0.4, -0.2) is 7.05 Å². The highest BCUT2D eigenvalue weighted by molar-refractivity contribution is 6.22. The molecule has 0 radical (unpaired) electrons. The highest BCUT2D eigenvalue weighted by Gasteiger charge is 2.06. The van der Waals surface area contributed by atoms with Crippen LogP contribution >= 0.6 is 0 Å². The van der Waals surface area contributed by atoms with Crippen molar-refractivity contribution in [2.24, 2.45) is 0 Å². The maximum Gasteiger partial charge on any atom is 0.0408 e. The fraction of sp³-hybridized carbons (Fsp3) is 0.263. The number of rotatable bonds is 2. The first-order chi connectivity index (χ1) is 17.8. The molecule has 1 heteroatoms. The summed E-state index contributed by atoms with van der Waals surface area (Å²) in [5, 5.41) is 8.14. The Morgan fingerprint density at radius 2 is 0.590 bits per heavy atom. The molecule has 1 nitrogen and oxygen atoms in total. The van der Waals surface area contributed by atoms with E-state index in [-0.39, 0.29) is 22.3 Å². The highest BCUT2D eigenvalue weighted by Crippen LogP contribution is 2.33. The van der Waals surface area contributed by atoms with Crippen LogP contribution in [-0.2, 0) is 0 Å². The maximum absolute atomic E-state index is 2.21. The fourth-order valence-electron chi connectivity index (χ4n) is 4.12. The van der Waals surface area contributed by atoms with E-state index in [0.29, 0.717) is 0 Å². The van der Waals surface area contributed by atoms with Gasteiger partial charge in [-0.05, 0) is 56.6 Å². The molecular weight excluding hydrogens is 470 g/mol. The van der Waals surface area contributed by atoms with Crippen molar-refractivity contribution in [2.75, 3.05) is 11.9 Å². The first-order valence-electron chi connectivity index (χ1n) is 13.3. The number of para-hydroxylation sites is 2. The van der Waals surface area contributed by atoms with Gasteiger partial charge >= 0.3 is 0 Å². The second kappa shape index (κ2) is 20.2. The molecule has 39 heavy (non-hydrogen) atoms. The molecule has 0 aliphatic rings. The molecule has 6 rings (SSSR count). The summed E-state index contributed by atoms with van der Waals surface area (Å²) >= 11 is 0. The van der Waals surface area contributed by atoms with Gasteiger partial charge in [-0.15, -0.1) is 0 Å². The third kappa shape index (κ3) is 9.14. The van der Waals surface area contributed by atoms with Gasteiger partial charge in [-0.2, -0.15) is 0 Å². The SMILES string of the molecule is C.C.C.CC.CC.CC.CN(c1ccccc1)c1ccccc1.c1cc2ccc3cccc4ccc(c1)c2c34. The normalized spacial score (nSPS) is 8.79. The first-order valence-corrected chi connectivity index (χ1v) is 13.3. The van der Waals surface area contributed by atoms with Gasteiger partial charge in [-0.3, -0.25) is 0 Å². The Morgan fingerprint density at radius 1 is 0.333 bits per heavy atom. The molecule has 0 atom stereocenters. The molecule has 0 spiro atoms. The lowest BCUT2D eigenvalue weighted by Crippen LogP contribution is -2.08. The molecule has 0 N–H and O–H groups in total. The lowest BCUT2D eigenvalue weighted by atomic mass is 9.95. The van der Waals surface area contributed by atoms with E-state index in [0.717, 1.165) is 0 Å². The van der Waals surface area contributed by atoms with Crippen molar-refractivity contribution < 1.29 is 0 Å². The standard InChI is InChI=1S/C16H10.C13H13N.3C2H6.3CH4/c1-3-11-7-9-13-5-2-6-14-10-8-12(4-1)15(11)16(13)14;1-14(12-8-4-2-5-9-12)13-10-6-3-7-11-13;3*1-2;;;/h1-10H;2-11H,1H3;3*1-2H3;3*1H4. The predicted octanol–water partition coefficient (Wildman–Crippen LogP) is 13.0. The molecule has 6 aromatic carbocycles. The molecule has 0 unspecified atom stereocenters. The Morgan fingerprint density at radius 3 is 0.846 bits per heavy atom. The van der Waals surface area contributed by atoms with Gasteiger partial charge in [0.25, 0.3) is 0 Å². The molecule has 0 fully saturated rings. The number of anilines is 2. The van der Waals surface area contributed by atoms with Gasteiger partial charge in [0.05, 0.1) is 0 Å². The van der Waals surface area contributed by atoms with Crippen LogP contribution in [0, 0.1) is 0 Å². The van der Waals surface area contributed by atoms with Crippen LogP contribution in [0.3, 0.4) is 0 Å². The highest BCUT2D eigenvalue weighted by atomic mass is 15.1. The molecule has 0 bridgehead atoms. The van der Waals surface area contributed by atoms with Crippen LogP contribution in [0.25, 0.3) is 32.3 Å². The zero-order valence-corrected chi connectivity index (χ0v) is 23.0. The monoisotopic (exact) mass is 523 g/mol. The summed E-state index contributed by atoms with van der Waals surface area (Å²) in [6.45, 7) is 12.0. The summed E-state index contributed by atoms with van der Waals surface area (Å²) < 4.78 is 0. The first kappa shape index (κ1) is 37.3. The minimum Gasteiger partial charge on any atom is -0.345 e. The minimum atomic E-state index is 0. The molecule has 0 aliphatic carbocycles. The van der Waals surface area contributed by atoms with Gasteiger partial charge in [-0.1, -0.05) is 161 Å². The van der Waals surface area contributed by atoms with E-state index >= 15 is 0 Å². The van der Waals surface area contributed by atoms with E-state index in [4.69, 9.17) is 0 Å². The van der Waals surface area contributed by atoms with Gasteiger partial charge in [0.15, 0.2) is 0 Å². The van der Waals surface area contributed by atoms with Crippen molar-refractivity contribution in [2.45, 2.75) is 63.8 Å². The number of hydrogen-bond donors (Lipinski definition) is 0. The summed E-state index contributed by atoms with van der Waals surface area (Å²) in [5.41, 5.74) is 2.41. The molecule has 0 aliphatic heterocycles. The van der Waals surface area contributed by atoms with Crippen LogP contribution in [0.5, 0.6) is 0 Å². The lowest BCUT2D eigenvalue weighted by molar-refractivity contribution is 1.21. The maximum atomic E-state index is 2.21. The van der Waals surface area contributed by atoms with E-state index in [1.54, 1.807) is 0 Å². The van der Waals surface area contributed by atoms with Crippen LogP contribution in [0.1, 0.15) is 63.8 Å². The van der Waals surface area contributed by atoms with Gasteiger partial charge in [-0.25, -0.2) is 0 Å². The summed E-state index contributed by atoms with van der Waals surface area (Å²) in [4.78, 5) is 2.17. The number of benzene rings is 6. The Labute approximate surface area is 240 Å². The summed E-state index contributed by atoms with van der Waals surface area (Å²) in [5.74, 6) is 0. The number of nitrogens with zero attached hydrogens (tertiary/aromatic N) is 1. The van der Waals surface area contributed by atoms with Crippen molar-refractivity contribution in [1.82, 2.24) is 0 Å². The summed E-state index contributed by atoms with van der Waals surface area (Å²) in [7, 11) is 2.07. The second-order valence-electron chi connectivity index (χ2n) is 7.52. The molecule has 0 amide bonds. The van der Waals surface area contributed by atoms with E-state index in [9.17, 15) is 0 Å². The van der Waals surface area contributed by atoms with Crippen LogP contribution < -0.4 is 4.90 Å². The quantitative estimate of drug-likeness (QED) is 0.204. The Balaban J connectivity index is 0. The average molecular weight is 524 g/mol. The topological polar surface area (TPSA) is 3.24 Å². The minimum absolute atomic E-state index is 0. The van der Waals surface area contributed by atoms with Gasteiger partial charge in [0.1, 0.15) is 0 Å². The Kier molecular flexibility index (Phi) is 19.3. The summed E-state index contributed by atoms with van der Waals surface area (Å²) in [6, 6.07) is 42.5. The predicted molar refractivity (Wildman–Crippen MR) is 185 cm³/mol.